The standard InChI is InChI=1S/C16H26BrN3O3S/c1-16(2,3)23-15(21)20-7-4-13(12(10-20)14(17)18)19-11-5-8-24(22)9-6-11/h11,18-19H,4-10H2,1-3H3. The summed E-state index contributed by atoms with van der Waals surface area (Å²) >= 11 is 2.56. The fourth-order valence-corrected chi connectivity index (χ4v) is 4.45. The van der Waals surface area contributed by atoms with Crippen LogP contribution in [0.3, 0.4) is 0 Å². The monoisotopic (exact) mass is 419 g/mol. The third-order valence-electron chi connectivity index (χ3n) is 4.03. The van der Waals surface area contributed by atoms with E-state index in [1.165, 1.54) is 0 Å². The Labute approximate surface area is 155 Å². The van der Waals surface area contributed by atoms with Gasteiger partial charge in [-0.05, 0) is 36.7 Å². The van der Waals surface area contributed by atoms with Gasteiger partial charge in [-0.2, -0.15) is 0 Å². The second-order valence-corrected chi connectivity index (χ2v) is 9.68. The van der Waals surface area contributed by atoms with E-state index in [4.69, 9.17) is 10.1 Å². The molecule has 0 saturated carbocycles. The maximum Gasteiger partial charge on any atom is 0.410 e. The van der Waals surface area contributed by atoms with Gasteiger partial charge in [0.25, 0.3) is 0 Å². The van der Waals surface area contributed by atoms with Crippen LogP contribution in [0.2, 0.25) is 0 Å². The first-order chi connectivity index (χ1) is 11.2. The summed E-state index contributed by atoms with van der Waals surface area (Å²) in [4.78, 5) is 13.9. The van der Waals surface area contributed by atoms with E-state index in [0.29, 0.717) is 25.6 Å². The molecule has 1 amide bonds. The molecule has 24 heavy (non-hydrogen) atoms. The molecule has 0 aliphatic carbocycles. The maximum atomic E-state index is 12.3. The molecule has 2 rings (SSSR count). The zero-order chi connectivity index (χ0) is 17.9. The number of halogens is 1. The molecule has 136 valence electrons. The van der Waals surface area contributed by atoms with Crippen molar-refractivity contribution in [2.45, 2.75) is 51.7 Å². The van der Waals surface area contributed by atoms with Gasteiger partial charge < -0.3 is 19.5 Å². The van der Waals surface area contributed by atoms with Crippen molar-refractivity contribution >= 4 is 37.8 Å². The Bertz CT molecular complexity index is 525. The Kier molecular flexibility index (Phi) is 6.61. The molecule has 2 N–H and O–H groups in total. The zero-order valence-corrected chi connectivity index (χ0v) is 16.9. The highest BCUT2D eigenvalue weighted by Crippen LogP contribution is 2.23. The molecule has 0 aromatic rings. The van der Waals surface area contributed by atoms with Gasteiger partial charge in [0, 0.05) is 43.1 Å². The molecule has 2 heterocycles. The number of ether oxygens (including phenoxy) is 1. The molecule has 8 heteroatoms. The summed E-state index contributed by atoms with van der Waals surface area (Å²) in [5.41, 5.74) is 1.27. The van der Waals surface area contributed by atoms with Crippen molar-refractivity contribution in [3.05, 3.63) is 11.3 Å². The Morgan fingerprint density at radius 3 is 2.58 bits per heavy atom. The van der Waals surface area contributed by atoms with E-state index in [0.717, 1.165) is 35.6 Å². The summed E-state index contributed by atoms with van der Waals surface area (Å²) < 4.78 is 17.2. The molecule has 0 radical (unpaired) electrons. The Balaban J connectivity index is 2.03. The molecule has 0 atom stereocenters. The van der Waals surface area contributed by atoms with E-state index < -0.39 is 16.8 Å². The Morgan fingerprint density at radius 2 is 2.04 bits per heavy atom. The summed E-state index contributed by atoms with van der Waals surface area (Å²) in [5.74, 6) is 1.46. The predicted octanol–water partition coefficient (Wildman–Crippen LogP) is 2.75. The number of carbonyl (C=O) groups excluding carboxylic acids is 1. The van der Waals surface area contributed by atoms with Gasteiger partial charge in [-0.3, -0.25) is 5.41 Å². The van der Waals surface area contributed by atoms with Gasteiger partial charge in [0.05, 0.1) is 6.54 Å². The number of carbonyl (C=O) groups is 1. The molecular formula is C16H26BrN3O3S. The van der Waals surface area contributed by atoms with E-state index in [1.54, 1.807) is 4.90 Å². The van der Waals surface area contributed by atoms with Crippen molar-refractivity contribution in [2.75, 3.05) is 24.6 Å². The fraction of sp³-hybridized carbons (Fsp3) is 0.750. The third-order valence-corrected chi connectivity index (χ3v) is 5.89. The third kappa shape index (κ3) is 5.67. The van der Waals surface area contributed by atoms with Gasteiger partial charge in [-0.25, -0.2) is 4.79 Å². The van der Waals surface area contributed by atoms with Crippen LogP contribution in [-0.4, -0.2) is 56.4 Å². The van der Waals surface area contributed by atoms with Crippen LogP contribution in [-0.2, 0) is 15.9 Å². The minimum absolute atomic E-state index is 0.289. The average molecular weight is 420 g/mol. The average Bonchev–Trinajstić information content (AvgIpc) is 2.48. The van der Waals surface area contributed by atoms with Gasteiger partial charge in [-0.15, -0.1) is 0 Å². The van der Waals surface area contributed by atoms with Crippen molar-refractivity contribution in [1.29, 1.82) is 5.41 Å². The molecule has 0 spiro atoms. The van der Waals surface area contributed by atoms with Gasteiger partial charge in [0.1, 0.15) is 21.7 Å². The molecule has 0 bridgehead atoms. The van der Waals surface area contributed by atoms with Crippen LogP contribution in [0.4, 0.5) is 4.79 Å². The number of nitrogens with zero attached hydrogens (tertiary/aromatic N) is 1. The number of rotatable bonds is 3. The summed E-state index contributed by atoms with van der Waals surface area (Å²) in [7, 11) is 0. The van der Waals surface area contributed by atoms with Crippen LogP contribution in [0.15, 0.2) is 11.3 Å². The zero-order valence-electron chi connectivity index (χ0n) is 14.5. The summed E-state index contributed by atoms with van der Waals surface area (Å²) in [6.45, 7) is 6.47. The van der Waals surface area contributed by atoms with Crippen LogP contribution in [0.25, 0.3) is 0 Å². The summed E-state index contributed by atoms with van der Waals surface area (Å²) in [6.07, 6.45) is 2.09. The van der Waals surface area contributed by atoms with E-state index in [1.807, 2.05) is 20.8 Å². The molecule has 6 nitrogen and oxygen atoms in total. The van der Waals surface area contributed by atoms with Crippen LogP contribution < -0.4 is 5.32 Å². The molecule has 0 unspecified atom stereocenters. The maximum absolute atomic E-state index is 12.3. The summed E-state index contributed by atoms with van der Waals surface area (Å²) in [5, 5.41) is 11.5. The lowest BCUT2D eigenvalue weighted by Crippen LogP contribution is -2.45. The van der Waals surface area contributed by atoms with E-state index in [9.17, 15) is 9.35 Å². The SMILES string of the molecule is CC(C)(C)OC(=O)N1CCC(NC2CC[S+]([O-])CC2)=C(C(=N)Br)C1. The Morgan fingerprint density at radius 1 is 1.42 bits per heavy atom. The first-order valence-corrected chi connectivity index (χ1v) is 10.5. The highest BCUT2D eigenvalue weighted by atomic mass is 79.9. The van der Waals surface area contributed by atoms with Crippen molar-refractivity contribution < 1.29 is 14.1 Å². The van der Waals surface area contributed by atoms with Crippen molar-refractivity contribution in [3.63, 3.8) is 0 Å². The largest absolute Gasteiger partial charge is 0.616 e. The molecule has 2 aliphatic heterocycles. The first kappa shape index (κ1) is 19.6. The van der Waals surface area contributed by atoms with Gasteiger partial charge in [0.15, 0.2) is 0 Å². The second-order valence-electron chi connectivity index (χ2n) is 7.19. The van der Waals surface area contributed by atoms with E-state index in [2.05, 4.69) is 21.2 Å². The lowest BCUT2D eigenvalue weighted by Gasteiger charge is -2.34. The predicted molar refractivity (Wildman–Crippen MR) is 100 cm³/mol. The highest BCUT2D eigenvalue weighted by Gasteiger charge is 2.30. The van der Waals surface area contributed by atoms with Crippen molar-refractivity contribution in [2.24, 2.45) is 0 Å². The quantitative estimate of drug-likeness (QED) is 0.543. The smallest absolute Gasteiger partial charge is 0.410 e. The van der Waals surface area contributed by atoms with Crippen molar-refractivity contribution in [1.82, 2.24) is 10.2 Å². The van der Waals surface area contributed by atoms with Gasteiger partial charge >= 0.3 is 6.09 Å². The normalized spacial score (nSPS) is 25.5. The highest BCUT2D eigenvalue weighted by molar-refractivity contribution is 9.18. The molecule has 0 aromatic heterocycles. The lowest BCUT2D eigenvalue weighted by molar-refractivity contribution is 0.0261. The van der Waals surface area contributed by atoms with Crippen LogP contribution in [0, 0.1) is 5.41 Å². The summed E-state index contributed by atoms with van der Waals surface area (Å²) in [6, 6.07) is 0.299. The minimum Gasteiger partial charge on any atom is -0.616 e. The van der Waals surface area contributed by atoms with Gasteiger partial charge in [-0.1, -0.05) is 11.2 Å². The number of amides is 1. The second kappa shape index (κ2) is 8.10. The van der Waals surface area contributed by atoms with Gasteiger partial charge in [0.2, 0.25) is 0 Å². The first-order valence-electron chi connectivity index (χ1n) is 8.21. The van der Waals surface area contributed by atoms with E-state index in [-0.39, 0.29) is 10.7 Å². The number of hydrogen-bond donors (Lipinski definition) is 2. The molecule has 0 aromatic carbocycles. The molecule has 2 aliphatic rings. The topological polar surface area (TPSA) is 88.5 Å². The van der Waals surface area contributed by atoms with Crippen LogP contribution >= 0.6 is 15.9 Å². The minimum atomic E-state index is -0.684. The lowest BCUT2D eigenvalue weighted by atomic mass is 10.0. The molecule has 1 saturated heterocycles. The van der Waals surface area contributed by atoms with Crippen LogP contribution in [0.5, 0.6) is 0 Å². The molecule has 1 fully saturated rings. The molecular weight excluding hydrogens is 394 g/mol. The Hall–Kier alpha value is -0.730. The van der Waals surface area contributed by atoms with Crippen molar-refractivity contribution in [3.8, 4) is 0 Å². The van der Waals surface area contributed by atoms with E-state index >= 15 is 0 Å². The fourth-order valence-electron chi connectivity index (χ4n) is 2.79. The number of nitrogens with one attached hydrogen (secondary N) is 2. The van der Waals surface area contributed by atoms with Crippen LogP contribution in [0.1, 0.15) is 40.0 Å². The number of hydrogen-bond acceptors (Lipinski definition) is 5.